The molecule has 5 unspecified atom stereocenters. The number of aliphatic hydroxyl groups is 1. The van der Waals surface area contributed by atoms with Gasteiger partial charge in [-0.2, -0.15) is 0 Å². The van der Waals surface area contributed by atoms with Crippen molar-refractivity contribution in [3.8, 4) is 0 Å². The van der Waals surface area contributed by atoms with Crippen LogP contribution in [0.5, 0.6) is 0 Å². The second kappa shape index (κ2) is 12.1. The van der Waals surface area contributed by atoms with E-state index in [1.54, 1.807) is 0 Å². The molecule has 0 aromatic heterocycles. The number of ether oxygens (including phenoxy) is 4. The van der Waals surface area contributed by atoms with Crippen molar-refractivity contribution in [1.29, 1.82) is 0 Å². The minimum atomic E-state index is -2.86. The summed E-state index contributed by atoms with van der Waals surface area (Å²) in [7, 11) is -2.86. The van der Waals surface area contributed by atoms with E-state index in [4.69, 9.17) is 23.4 Å². The Morgan fingerprint density at radius 3 is 2.12 bits per heavy atom. The Hall–Kier alpha value is -2.27. The molecule has 0 amide bonds. The number of hydrogen-bond acceptors (Lipinski definition) is 7. The van der Waals surface area contributed by atoms with Gasteiger partial charge in [0.1, 0.15) is 12.2 Å². The van der Waals surface area contributed by atoms with Crippen LogP contribution in [0.25, 0.3) is 10.4 Å². The topological polar surface area (TPSA) is 115 Å². The highest BCUT2D eigenvalue weighted by Gasteiger charge is 2.53. The fourth-order valence-corrected chi connectivity index (χ4v) is 11.3. The molecule has 5 rings (SSSR count). The van der Waals surface area contributed by atoms with Gasteiger partial charge >= 0.3 is 0 Å². The van der Waals surface area contributed by atoms with Crippen molar-refractivity contribution < 1.29 is 28.5 Å². The smallest absolute Gasteiger partial charge is 0.261 e. The summed E-state index contributed by atoms with van der Waals surface area (Å²) in [6, 6.07) is 20.0. The molecule has 0 aliphatic carbocycles. The molecule has 222 valence electrons. The summed E-state index contributed by atoms with van der Waals surface area (Å²) in [5, 5.41) is 17.5. The summed E-state index contributed by atoms with van der Waals surface area (Å²) in [6.45, 7) is 13.3. The highest BCUT2D eigenvalue weighted by Crippen LogP contribution is 2.41. The summed E-state index contributed by atoms with van der Waals surface area (Å²) in [6.07, 6.45) is -3.23. The van der Waals surface area contributed by atoms with E-state index in [0.29, 0.717) is 6.61 Å². The predicted octanol–water partition coefficient (Wildman–Crippen LogP) is 4.38. The third-order valence-electron chi connectivity index (χ3n) is 9.28. The average molecular weight is 582 g/mol. The van der Waals surface area contributed by atoms with E-state index in [2.05, 4.69) is 68.9 Å². The van der Waals surface area contributed by atoms with Crippen LogP contribution in [0.15, 0.2) is 65.8 Å². The van der Waals surface area contributed by atoms with E-state index in [-0.39, 0.29) is 42.0 Å². The van der Waals surface area contributed by atoms with Gasteiger partial charge in [0.25, 0.3) is 8.32 Å². The summed E-state index contributed by atoms with van der Waals surface area (Å²) in [5.41, 5.74) is 9.36. The molecule has 0 spiro atoms. The molecule has 9 nitrogen and oxygen atoms in total. The zero-order valence-corrected chi connectivity index (χ0v) is 25.8. The zero-order chi connectivity index (χ0) is 29.4. The molecule has 0 saturated carbocycles. The van der Waals surface area contributed by atoms with Crippen LogP contribution in [0.2, 0.25) is 5.04 Å². The largest absolute Gasteiger partial charge is 0.405 e. The molecule has 2 aromatic carbocycles. The third kappa shape index (κ3) is 5.60. The Morgan fingerprint density at radius 1 is 0.951 bits per heavy atom. The van der Waals surface area contributed by atoms with Gasteiger partial charge in [-0.25, -0.2) is 0 Å². The first kappa shape index (κ1) is 30.2. The van der Waals surface area contributed by atoms with Crippen LogP contribution in [0.1, 0.15) is 41.5 Å². The number of nitrogens with zero attached hydrogens (tertiary/aromatic N) is 3. The van der Waals surface area contributed by atoms with Gasteiger partial charge in [-0.1, -0.05) is 107 Å². The second-order valence-electron chi connectivity index (χ2n) is 12.8. The van der Waals surface area contributed by atoms with E-state index < -0.39 is 38.8 Å². The Balaban J connectivity index is 1.44. The minimum Gasteiger partial charge on any atom is -0.405 e. The number of azide groups is 1. The predicted molar refractivity (Wildman–Crippen MR) is 158 cm³/mol. The first-order chi connectivity index (χ1) is 19.6. The molecule has 3 saturated heterocycles. The summed E-state index contributed by atoms with van der Waals surface area (Å²) in [5.74, 6) is -0.134. The van der Waals surface area contributed by atoms with Gasteiger partial charge in [0, 0.05) is 10.8 Å². The van der Waals surface area contributed by atoms with Crippen molar-refractivity contribution in [2.45, 2.75) is 89.6 Å². The standard InChI is InChI=1S/C31H43N3O6Si/c1-19-20(2)29-36-17-25(39-29)28(19)40-30-26(33-34-32)21(3)27(35)24(38-30)18-37-41(31(4,5)6,22-13-9-7-10-14-22)23-15-11-8-12-16-23/h7-16,19-21,24-30,35H,17-18H2,1-6H3/t19-,20+,21-,24?,25?,26?,27+,28?,29?,30+/m1/s1. The lowest BCUT2D eigenvalue weighted by molar-refractivity contribution is -0.293. The monoisotopic (exact) mass is 581 g/mol. The van der Waals surface area contributed by atoms with Crippen molar-refractivity contribution in [1.82, 2.24) is 0 Å². The molecule has 3 heterocycles. The van der Waals surface area contributed by atoms with Crippen molar-refractivity contribution in [2.75, 3.05) is 13.2 Å². The maximum absolute atomic E-state index is 11.4. The molecule has 10 heteroatoms. The first-order valence-electron chi connectivity index (χ1n) is 14.6. The van der Waals surface area contributed by atoms with Gasteiger partial charge in [-0.05, 0) is 32.8 Å². The molecule has 3 fully saturated rings. The maximum atomic E-state index is 11.4. The number of rotatable bonds is 8. The lowest BCUT2D eigenvalue weighted by Gasteiger charge is -2.47. The van der Waals surface area contributed by atoms with E-state index in [0.717, 1.165) is 10.4 Å². The molecule has 1 N–H and O–H groups in total. The van der Waals surface area contributed by atoms with Gasteiger partial charge in [0.15, 0.2) is 12.6 Å². The molecule has 2 bridgehead atoms. The van der Waals surface area contributed by atoms with Gasteiger partial charge in [-0.3, -0.25) is 0 Å². The van der Waals surface area contributed by atoms with Gasteiger partial charge < -0.3 is 28.5 Å². The van der Waals surface area contributed by atoms with Crippen LogP contribution in [0.3, 0.4) is 0 Å². The SMILES string of the molecule is C[C@@H]1C(N=[N+]=[N-])[C@H](OC2C3COC(O3)[C@@H](C)[C@H]2C)OC(CO[Si](c2ccccc2)(c2ccccc2)C(C)(C)C)[C@H]1O. The second-order valence-corrected chi connectivity index (χ2v) is 17.1. The Labute approximate surface area is 243 Å². The third-order valence-corrected chi connectivity index (χ3v) is 14.3. The Kier molecular flexibility index (Phi) is 8.94. The van der Waals surface area contributed by atoms with Crippen LogP contribution in [0.4, 0.5) is 0 Å². The highest BCUT2D eigenvalue weighted by atomic mass is 28.4. The van der Waals surface area contributed by atoms with E-state index in [9.17, 15) is 10.6 Å². The van der Waals surface area contributed by atoms with Crippen molar-refractivity contribution in [3.05, 3.63) is 71.1 Å². The fourth-order valence-electron chi connectivity index (χ4n) is 6.70. The molecule has 3 aliphatic rings. The lowest BCUT2D eigenvalue weighted by atomic mass is 9.85. The molecule has 41 heavy (non-hydrogen) atoms. The van der Waals surface area contributed by atoms with E-state index >= 15 is 0 Å². The van der Waals surface area contributed by atoms with Crippen molar-refractivity contribution in [3.63, 3.8) is 0 Å². The van der Waals surface area contributed by atoms with Gasteiger partial charge in [0.05, 0.1) is 31.5 Å². The van der Waals surface area contributed by atoms with Crippen LogP contribution in [0, 0.1) is 17.8 Å². The maximum Gasteiger partial charge on any atom is 0.261 e. The van der Waals surface area contributed by atoms with Crippen LogP contribution < -0.4 is 10.4 Å². The fraction of sp³-hybridized carbons (Fsp3) is 0.613. The van der Waals surface area contributed by atoms with Crippen molar-refractivity contribution >= 4 is 18.7 Å². The average Bonchev–Trinajstić information content (AvgIpc) is 3.42. The quantitative estimate of drug-likeness (QED) is 0.214. The Bertz CT molecular complexity index is 1170. The first-order valence-corrected chi connectivity index (χ1v) is 16.5. The number of benzene rings is 2. The molecule has 3 aliphatic heterocycles. The van der Waals surface area contributed by atoms with Crippen LogP contribution in [-0.4, -0.2) is 69.7 Å². The molecule has 0 radical (unpaired) electrons. The van der Waals surface area contributed by atoms with Crippen LogP contribution in [-0.2, 0) is 23.4 Å². The number of fused-ring (bicyclic) bond motifs is 2. The zero-order valence-electron chi connectivity index (χ0n) is 24.8. The summed E-state index contributed by atoms with van der Waals surface area (Å²) < 4.78 is 32.0. The summed E-state index contributed by atoms with van der Waals surface area (Å²) >= 11 is 0. The molecular formula is C31H43N3O6Si. The normalized spacial score (nSPS) is 35.6. The number of aliphatic hydroxyl groups excluding tert-OH is 1. The highest BCUT2D eigenvalue weighted by molar-refractivity contribution is 6.99. The molecule has 2 aromatic rings. The summed E-state index contributed by atoms with van der Waals surface area (Å²) in [4.78, 5) is 3.06. The van der Waals surface area contributed by atoms with E-state index in [1.807, 2.05) is 43.3 Å². The molecular weight excluding hydrogens is 538 g/mol. The van der Waals surface area contributed by atoms with Crippen molar-refractivity contribution in [2.24, 2.45) is 22.9 Å². The van der Waals surface area contributed by atoms with Gasteiger partial charge in [-0.15, -0.1) is 0 Å². The van der Waals surface area contributed by atoms with E-state index in [1.165, 1.54) is 0 Å². The lowest BCUT2D eigenvalue weighted by Crippen LogP contribution is -2.68. The van der Waals surface area contributed by atoms with Gasteiger partial charge in [0.2, 0.25) is 0 Å². The molecule has 10 atom stereocenters. The Morgan fingerprint density at radius 2 is 1.56 bits per heavy atom. The van der Waals surface area contributed by atoms with Crippen LogP contribution >= 0.6 is 0 Å². The minimum absolute atomic E-state index is 0.137. The number of hydrogen-bond donors (Lipinski definition) is 1.